The van der Waals surface area contributed by atoms with E-state index in [-0.39, 0.29) is 24.0 Å². The van der Waals surface area contributed by atoms with Crippen LogP contribution in [-0.4, -0.2) is 80.4 Å². The van der Waals surface area contributed by atoms with E-state index in [0.29, 0.717) is 31.0 Å². The second-order valence-electron chi connectivity index (χ2n) is 11.1. The number of anilines is 1. The molecule has 11 nitrogen and oxygen atoms in total. The van der Waals surface area contributed by atoms with E-state index in [9.17, 15) is 18.0 Å². The van der Waals surface area contributed by atoms with Crippen molar-refractivity contribution >= 4 is 17.4 Å². The fraction of sp³-hybridized carbons (Fsp3) is 0.400. The Balaban J connectivity index is 1.07. The number of hydrogen-bond donors (Lipinski definition) is 3. The molecule has 0 spiro atoms. The number of urea groups is 1. The summed E-state index contributed by atoms with van der Waals surface area (Å²) < 4.78 is 46.8. The number of amides is 2. The van der Waals surface area contributed by atoms with Crippen LogP contribution in [0.5, 0.6) is 0 Å². The van der Waals surface area contributed by atoms with Gasteiger partial charge in [-0.3, -0.25) is 4.68 Å². The zero-order valence-corrected chi connectivity index (χ0v) is 24.1. The molecule has 3 N–H and O–H groups in total. The number of ether oxygens (including phenoxy) is 1. The highest BCUT2D eigenvalue weighted by Crippen LogP contribution is 2.28. The molecule has 14 heteroatoms. The van der Waals surface area contributed by atoms with Crippen LogP contribution in [0.1, 0.15) is 31.7 Å². The summed E-state index contributed by atoms with van der Waals surface area (Å²) in [5, 5.41) is 17.3. The molecule has 1 unspecified atom stereocenters. The third kappa shape index (κ3) is 6.96. The van der Waals surface area contributed by atoms with Crippen molar-refractivity contribution < 1.29 is 22.7 Å². The first-order chi connectivity index (χ1) is 21.2. The Bertz CT molecular complexity index is 1620. The van der Waals surface area contributed by atoms with Crippen LogP contribution in [0.25, 0.3) is 28.0 Å². The van der Waals surface area contributed by atoms with E-state index in [1.807, 2.05) is 34.1 Å². The van der Waals surface area contributed by atoms with Crippen LogP contribution in [-0.2, 0) is 4.74 Å². The molecule has 5 heterocycles. The molecule has 232 valence electrons. The van der Waals surface area contributed by atoms with Gasteiger partial charge in [0.15, 0.2) is 5.65 Å². The number of nitrogens with zero attached hydrogens (tertiary/aromatic N) is 6. The first-order valence-electron chi connectivity index (χ1n) is 14.6. The molecule has 2 saturated heterocycles. The molecule has 44 heavy (non-hydrogen) atoms. The average molecular weight is 610 g/mol. The molecule has 2 amide bonds. The Kier molecular flexibility index (Phi) is 8.42. The van der Waals surface area contributed by atoms with Crippen LogP contribution in [0, 0.1) is 0 Å². The topological polar surface area (TPSA) is 114 Å². The Morgan fingerprint density at radius 2 is 1.84 bits per heavy atom. The van der Waals surface area contributed by atoms with E-state index in [0.717, 1.165) is 54.7 Å². The van der Waals surface area contributed by atoms with Crippen LogP contribution in [0.15, 0.2) is 67.5 Å². The fourth-order valence-corrected chi connectivity index (χ4v) is 5.55. The number of carbonyl (C=O) groups is 1. The van der Waals surface area contributed by atoms with E-state index in [1.54, 1.807) is 35.1 Å². The van der Waals surface area contributed by atoms with E-state index in [2.05, 4.69) is 37.7 Å². The van der Waals surface area contributed by atoms with Crippen molar-refractivity contribution in [1.82, 2.24) is 39.9 Å². The second-order valence-corrected chi connectivity index (χ2v) is 11.1. The van der Waals surface area contributed by atoms with Gasteiger partial charge in [0.05, 0.1) is 42.3 Å². The Morgan fingerprint density at radius 1 is 1.02 bits per heavy atom. The lowest BCUT2D eigenvalue weighted by Crippen LogP contribution is -2.46. The number of aromatic nitrogens is 5. The summed E-state index contributed by atoms with van der Waals surface area (Å²) in [6, 6.07) is 9.29. The summed E-state index contributed by atoms with van der Waals surface area (Å²) in [6.07, 6.45) is 6.74. The number of rotatable bonds is 9. The Hall–Kier alpha value is -4.59. The summed E-state index contributed by atoms with van der Waals surface area (Å²) in [5.74, 6) is 0.0436. The van der Waals surface area contributed by atoms with Gasteiger partial charge in [0.25, 0.3) is 0 Å². The highest BCUT2D eigenvalue weighted by molar-refractivity contribution is 5.74. The predicted molar refractivity (Wildman–Crippen MR) is 159 cm³/mol. The number of likely N-dealkylation sites (tertiary alicyclic amines) is 1. The minimum absolute atomic E-state index is 0.0371. The molecule has 0 radical (unpaired) electrons. The largest absolute Gasteiger partial charge is 0.405 e. The number of hydrogen-bond acceptors (Lipinski definition) is 7. The molecular formula is C30H34F3N9O2. The number of imidazole rings is 1. The molecule has 1 atom stereocenters. The van der Waals surface area contributed by atoms with Crippen molar-refractivity contribution in [2.24, 2.45) is 0 Å². The van der Waals surface area contributed by atoms with Crippen LogP contribution >= 0.6 is 0 Å². The molecule has 0 bridgehead atoms. The van der Waals surface area contributed by atoms with Crippen molar-refractivity contribution in [3.8, 4) is 22.4 Å². The van der Waals surface area contributed by atoms with Crippen LogP contribution in [0.4, 0.5) is 23.7 Å². The molecule has 6 rings (SSSR count). The van der Waals surface area contributed by atoms with Gasteiger partial charge in [-0.2, -0.15) is 23.4 Å². The number of nitrogens with one attached hydrogen (secondary N) is 3. The van der Waals surface area contributed by atoms with Crippen molar-refractivity contribution in [3.63, 3.8) is 0 Å². The maximum Gasteiger partial charge on any atom is 0.405 e. The Labute approximate surface area is 252 Å². The van der Waals surface area contributed by atoms with Crippen molar-refractivity contribution in [2.45, 2.75) is 44.0 Å². The van der Waals surface area contributed by atoms with Crippen molar-refractivity contribution in [2.75, 3.05) is 38.1 Å². The van der Waals surface area contributed by atoms with Crippen LogP contribution in [0.3, 0.4) is 0 Å². The smallest absolute Gasteiger partial charge is 0.376 e. The van der Waals surface area contributed by atoms with E-state index in [1.165, 1.54) is 0 Å². The van der Waals surface area contributed by atoms with Crippen LogP contribution < -0.4 is 16.0 Å². The maximum atomic E-state index is 12.6. The quantitative estimate of drug-likeness (QED) is 0.249. The number of alkyl halides is 3. The minimum atomic E-state index is -4.34. The Morgan fingerprint density at radius 3 is 2.61 bits per heavy atom. The van der Waals surface area contributed by atoms with Crippen LogP contribution in [0.2, 0.25) is 0 Å². The summed E-state index contributed by atoms with van der Waals surface area (Å²) in [4.78, 5) is 19.0. The number of piperidine rings is 1. The van der Waals surface area contributed by atoms with Gasteiger partial charge in [0.2, 0.25) is 0 Å². The normalized spacial score (nSPS) is 17.6. The van der Waals surface area contributed by atoms with Gasteiger partial charge >= 0.3 is 12.2 Å². The molecule has 2 aliphatic rings. The minimum Gasteiger partial charge on any atom is -0.376 e. The third-order valence-corrected chi connectivity index (χ3v) is 7.88. The summed E-state index contributed by atoms with van der Waals surface area (Å²) in [6.45, 7) is 5.10. The standard InChI is InChI=1S/C30H34F3N9O2/c1-20(36-19-30(31,32)33)39-24-5-2-4-21(12-24)27-17-34-28-13-22(14-38-42(27)28)23-15-37-41(18-23)25-7-9-40(10-8-25)29(43)35-16-26-6-3-11-44-26/h2,4-5,12-15,17-18,25-26,36,39H,1,3,6-11,16,19H2,(H,35,43). The van der Waals surface area contributed by atoms with Gasteiger partial charge in [-0.1, -0.05) is 18.7 Å². The summed E-state index contributed by atoms with van der Waals surface area (Å²) in [5.41, 5.74) is 4.51. The SMILES string of the molecule is C=C(NCC(F)(F)F)Nc1cccc(-c2cnc3cc(-c4cnn(C5CCN(C(=O)NCC6CCCO6)CC5)c4)cnn23)c1. The van der Waals surface area contributed by atoms with Crippen molar-refractivity contribution in [1.29, 1.82) is 0 Å². The monoisotopic (exact) mass is 609 g/mol. The number of carbonyl (C=O) groups excluding carboxylic acids is 1. The molecule has 2 fully saturated rings. The third-order valence-electron chi connectivity index (χ3n) is 7.88. The number of fused-ring (bicyclic) bond motifs is 1. The van der Waals surface area contributed by atoms with Gasteiger partial charge in [-0.15, -0.1) is 0 Å². The van der Waals surface area contributed by atoms with Gasteiger partial charge in [0, 0.05) is 54.8 Å². The molecule has 4 aromatic rings. The fourth-order valence-electron chi connectivity index (χ4n) is 5.55. The average Bonchev–Trinajstić information content (AvgIpc) is 3.80. The lowest BCUT2D eigenvalue weighted by Gasteiger charge is -2.32. The first kappa shape index (κ1) is 29.5. The predicted octanol–water partition coefficient (Wildman–Crippen LogP) is 4.82. The summed E-state index contributed by atoms with van der Waals surface area (Å²) in [7, 11) is 0. The molecule has 1 aromatic carbocycles. The van der Waals surface area contributed by atoms with E-state index >= 15 is 0 Å². The highest BCUT2D eigenvalue weighted by Gasteiger charge is 2.27. The van der Waals surface area contributed by atoms with E-state index < -0.39 is 12.7 Å². The highest BCUT2D eigenvalue weighted by atomic mass is 19.4. The lowest BCUT2D eigenvalue weighted by molar-refractivity contribution is -0.123. The number of benzene rings is 1. The van der Waals surface area contributed by atoms with Crippen molar-refractivity contribution in [3.05, 3.63) is 67.5 Å². The molecule has 0 aliphatic carbocycles. The number of halogens is 3. The molecule has 0 saturated carbocycles. The molecule has 2 aliphatic heterocycles. The van der Waals surface area contributed by atoms with Gasteiger partial charge < -0.3 is 25.6 Å². The molecule has 3 aromatic heterocycles. The van der Waals surface area contributed by atoms with Gasteiger partial charge in [0.1, 0.15) is 6.54 Å². The van der Waals surface area contributed by atoms with Gasteiger partial charge in [-0.25, -0.2) is 14.3 Å². The van der Waals surface area contributed by atoms with E-state index in [4.69, 9.17) is 4.74 Å². The first-order valence-corrected chi connectivity index (χ1v) is 14.6. The van der Waals surface area contributed by atoms with Gasteiger partial charge in [-0.05, 0) is 43.9 Å². The lowest BCUT2D eigenvalue weighted by atomic mass is 10.1. The molecular weight excluding hydrogens is 575 g/mol. The summed E-state index contributed by atoms with van der Waals surface area (Å²) >= 11 is 0. The maximum absolute atomic E-state index is 12.6. The second kappa shape index (κ2) is 12.6. The zero-order chi connectivity index (χ0) is 30.7. The zero-order valence-electron chi connectivity index (χ0n) is 24.1.